The van der Waals surface area contributed by atoms with Crippen molar-refractivity contribution in [3.05, 3.63) is 68.1 Å². The van der Waals surface area contributed by atoms with Gasteiger partial charge in [0.15, 0.2) is 0 Å². The zero-order valence-electron chi connectivity index (χ0n) is 17.8. The summed E-state index contributed by atoms with van der Waals surface area (Å²) in [6, 6.07) is 12.5. The van der Waals surface area contributed by atoms with Crippen molar-refractivity contribution >= 4 is 62.7 Å². The van der Waals surface area contributed by atoms with E-state index in [0.717, 1.165) is 15.6 Å². The molecule has 2 rings (SSSR count). The molecular formula is C23H27BrCl2N2O2S. The summed E-state index contributed by atoms with van der Waals surface area (Å²) in [6.45, 7) is 6.75. The molecular weight excluding hydrogens is 519 g/mol. The maximum Gasteiger partial charge on any atom is 0.242 e. The van der Waals surface area contributed by atoms with Crippen LogP contribution in [0.5, 0.6) is 0 Å². The fourth-order valence-electron chi connectivity index (χ4n) is 2.86. The highest BCUT2D eigenvalue weighted by molar-refractivity contribution is 9.10. The van der Waals surface area contributed by atoms with E-state index in [-0.39, 0.29) is 17.6 Å². The quantitative estimate of drug-likeness (QED) is 0.388. The van der Waals surface area contributed by atoms with Gasteiger partial charge in [0, 0.05) is 33.4 Å². The summed E-state index contributed by atoms with van der Waals surface area (Å²) in [6.07, 6.45) is 0. The number of hydrogen-bond donors (Lipinski definition) is 1. The molecule has 0 bridgehead atoms. The summed E-state index contributed by atoms with van der Waals surface area (Å²) >= 11 is 17.4. The smallest absolute Gasteiger partial charge is 0.242 e. The Morgan fingerprint density at radius 3 is 2.35 bits per heavy atom. The van der Waals surface area contributed by atoms with Crippen molar-refractivity contribution in [3.8, 4) is 0 Å². The molecule has 1 atom stereocenters. The number of benzene rings is 2. The van der Waals surface area contributed by atoms with Crippen molar-refractivity contribution in [3.63, 3.8) is 0 Å². The Bertz CT molecular complexity index is 891. The van der Waals surface area contributed by atoms with Gasteiger partial charge in [0.2, 0.25) is 11.8 Å². The van der Waals surface area contributed by atoms with Gasteiger partial charge in [-0.05, 0) is 48.2 Å². The predicted octanol–water partition coefficient (Wildman–Crippen LogP) is 6.18. The van der Waals surface area contributed by atoms with Crippen molar-refractivity contribution in [2.75, 3.05) is 12.3 Å². The third-order valence-corrected chi connectivity index (χ3v) is 6.77. The van der Waals surface area contributed by atoms with E-state index in [0.29, 0.717) is 34.8 Å². The van der Waals surface area contributed by atoms with E-state index in [2.05, 4.69) is 21.2 Å². The van der Waals surface area contributed by atoms with Gasteiger partial charge in [-0.2, -0.15) is 0 Å². The first-order valence-corrected chi connectivity index (χ1v) is 12.7. The van der Waals surface area contributed by atoms with Gasteiger partial charge < -0.3 is 10.2 Å². The van der Waals surface area contributed by atoms with Crippen LogP contribution < -0.4 is 5.32 Å². The Kier molecular flexibility index (Phi) is 10.7. The van der Waals surface area contributed by atoms with E-state index in [4.69, 9.17) is 23.2 Å². The third-order valence-electron chi connectivity index (χ3n) is 4.63. The molecule has 1 N–H and O–H groups in total. The standard InChI is InChI=1S/C23H27BrCl2N2O2S/c1-15(2)11-27-23(30)16(3)28(12-17-6-4-7-18(24)10-17)22(29)14-31-13-19-20(25)8-5-9-21(19)26/h4-10,15-16H,11-14H2,1-3H3,(H,27,30)/t16-/m0/s1. The first-order valence-electron chi connectivity index (χ1n) is 10.0. The number of hydrogen-bond acceptors (Lipinski definition) is 3. The Hall–Kier alpha value is -1.21. The Labute approximate surface area is 207 Å². The molecule has 31 heavy (non-hydrogen) atoms. The highest BCUT2D eigenvalue weighted by Gasteiger charge is 2.26. The van der Waals surface area contributed by atoms with Gasteiger partial charge in [0.1, 0.15) is 6.04 Å². The average Bonchev–Trinajstić information content (AvgIpc) is 2.71. The van der Waals surface area contributed by atoms with E-state index >= 15 is 0 Å². The summed E-state index contributed by atoms with van der Waals surface area (Å²) in [5.41, 5.74) is 1.76. The SMILES string of the molecule is CC(C)CNC(=O)[C@H](C)N(Cc1cccc(Br)c1)C(=O)CSCc1c(Cl)cccc1Cl. The maximum absolute atomic E-state index is 13.1. The highest BCUT2D eigenvalue weighted by Crippen LogP contribution is 2.28. The number of amides is 2. The number of nitrogens with zero attached hydrogens (tertiary/aromatic N) is 1. The molecule has 0 unspecified atom stereocenters. The molecule has 0 aliphatic carbocycles. The molecule has 0 heterocycles. The zero-order valence-corrected chi connectivity index (χ0v) is 21.7. The van der Waals surface area contributed by atoms with E-state index < -0.39 is 6.04 Å². The monoisotopic (exact) mass is 544 g/mol. The largest absolute Gasteiger partial charge is 0.354 e. The molecule has 0 aliphatic rings. The van der Waals surface area contributed by atoms with Crippen LogP contribution >= 0.6 is 50.9 Å². The van der Waals surface area contributed by atoms with Crippen LogP contribution in [-0.2, 0) is 21.9 Å². The van der Waals surface area contributed by atoms with Gasteiger partial charge in [-0.15, -0.1) is 11.8 Å². The first kappa shape index (κ1) is 26.0. The lowest BCUT2D eigenvalue weighted by atomic mass is 10.1. The van der Waals surface area contributed by atoms with Gasteiger partial charge >= 0.3 is 0 Å². The molecule has 8 heteroatoms. The molecule has 0 aliphatic heterocycles. The van der Waals surface area contributed by atoms with Gasteiger partial charge in [-0.3, -0.25) is 9.59 Å². The molecule has 0 fully saturated rings. The van der Waals surface area contributed by atoms with Crippen LogP contribution in [0, 0.1) is 5.92 Å². The number of thioether (sulfide) groups is 1. The number of rotatable bonds is 10. The minimum Gasteiger partial charge on any atom is -0.354 e. The molecule has 0 aromatic heterocycles. The summed E-state index contributed by atoms with van der Waals surface area (Å²) in [7, 11) is 0. The first-order chi connectivity index (χ1) is 14.7. The van der Waals surface area contributed by atoms with Crippen LogP contribution in [0.25, 0.3) is 0 Å². The lowest BCUT2D eigenvalue weighted by Crippen LogP contribution is -2.48. The zero-order chi connectivity index (χ0) is 23.0. The second-order valence-corrected chi connectivity index (χ2v) is 10.4. The van der Waals surface area contributed by atoms with Crippen molar-refractivity contribution in [2.24, 2.45) is 5.92 Å². The summed E-state index contributed by atoms with van der Waals surface area (Å²) in [4.78, 5) is 27.4. The Morgan fingerprint density at radius 1 is 1.10 bits per heavy atom. The Balaban J connectivity index is 2.10. The maximum atomic E-state index is 13.1. The van der Waals surface area contributed by atoms with Crippen molar-refractivity contribution in [1.82, 2.24) is 10.2 Å². The van der Waals surface area contributed by atoms with Crippen LogP contribution in [0.4, 0.5) is 0 Å². The fourth-order valence-corrected chi connectivity index (χ4v) is 4.95. The normalized spacial score (nSPS) is 12.0. The number of nitrogens with one attached hydrogen (secondary N) is 1. The molecule has 4 nitrogen and oxygen atoms in total. The van der Waals surface area contributed by atoms with Gasteiger partial charge in [0.25, 0.3) is 0 Å². The van der Waals surface area contributed by atoms with Crippen LogP contribution in [0.1, 0.15) is 31.9 Å². The Morgan fingerprint density at radius 2 is 1.74 bits per heavy atom. The van der Waals surface area contributed by atoms with Crippen molar-refractivity contribution in [1.29, 1.82) is 0 Å². The van der Waals surface area contributed by atoms with Gasteiger partial charge in [-0.25, -0.2) is 0 Å². The minimum absolute atomic E-state index is 0.111. The molecule has 2 amide bonds. The molecule has 2 aromatic rings. The number of carbonyl (C=O) groups excluding carboxylic acids is 2. The fraction of sp³-hybridized carbons (Fsp3) is 0.391. The molecule has 0 radical (unpaired) electrons. The van der Waals surface area contributed by atoms with Crippen LogP contribution in [0.3, 0.4) is 0 Å². The van der Waals surface area contributed by atoms with E-state index in [1.54, 1.807) is 30.0 Å². The summed E-state index contributed by atoms with van der Waals surface area (Å²) in [5, 5.41) is 4.09. The molecule has 0 saturated heterocycles. The lowest BCUT2D eigenvalue weighted by molar-refractivity contribution is -0.138. The van der Waals surface area contributed by atoms with Crippen LogP contribution in [0.2, 0.25) is 10.0 Å². The lowest BCUT2D eigenvalue weighted by Gasteiger charge is -2.29. The topological polar surface area (TPSA) is 49.4 Å². The molecule has 168 valence electrons. The van der Waals surface area contributed by atoms with Crippen molar-refractivity contribution in [2.45, 2.75) is 39.1 Å². The van der Waals surface area contributed by atoms with E-state index in [1.807, 2.05) is 38.1 Å². The number of halogens is 3. The second-order valence-electron chi connectivity index (χ2n) is 7.66. The molecule has 0 saturated carbocycles. The summed E-state index contributed by atoms with van der Waals surface area (Å²) in [5.74, 6) is 0.804. The van der Waals surface area contributed by atoms with Gasteiger partial charge in [0.05, 0.1) is 5.75 Å². The van der Waals surface area contributed by atoms with E-state index in [9.17, 15) is 9.59 Å². The average molecular weight is 546 g/mol. The molecule has 0 spiro atoms. The van der Waals surface area contributed by atoms with Crippen LogP contribution in [-0.4, -0.2) is 35.1 Å². The minimum atomic E-state index is -0.588. The van der Waals surface area contributed by atoms with Crippen LogP contribution in [0.15, 0.2) is 46.9 Å². The third kappa shape index (κ3) is 8.33. The van der Waals surface area contributed by atoms with E-state index in [1.165, 1.54) is 11.8 Å². The van der Waals surface area contributed by atoms with Gasteiger partial charge in [-0.1, -0.05) is 71.2 Å². The number of carbonyl (C=O) groups is 2. The van der Waals surface area contributed by atoms with Crippen molar-refractivity contribution < 1.29 is 9.59 Å². The molecule has 2 aromatic carbocycles. The summed E-state index contributed by atoms with van der Waals surface area (Å²) < 4.78 is 0.928. The second kappa shape index (κ2) is 12.7. The predicted molar refractivity (Wildman–Crippen MR) is 135 cm³/mol. The highest BCUT2D eigenvalue weighted by atomic mass is 79.9.